The second-order valence-electron chi connectivity index (χ2n) is 5.41. The first-order chi connectivity index (χ1) is 9.22. The zero-order valence-electron chi connectivity index (χ0n) is 11.9. The Labute approximate surface area is 121 Å². The van der Waals surface area contributed by atoms with Gasteiger partial charge in [-0.15, -0.1) is 0 Å². The van der Waals surface area contributed by atoms with Gasteiger partial charge in [-0.1, -0.05) is 43.5 Å². The number of benzene rings is 1. The molecular weight excluding hydrogens is 258 g/mol. The maximum Gasteiger partial charge on any atom is 0.0872 e. The van der Waals surface area contributed by atoms with E-state index in [2.05, 4.69) is 24.4 Å². The Balaban J connectivity index is 2.26. The third-order valence-electron chi connectivity index (χ3n) is 4.18. The topological polar surface area (TPSA) is 21.3 Å². The molecule has 0 saturated heterocycles. The van der Waals surface area contributed by atoms with Crippen molar-refractivity contribution in [3.63, 3.8) is 0 Å². The van der Waals surface area contributed by atoms with Gasteiger partial charge in [-0.3, -0.25) is 0 Å². The Morgan fingerprint density at radius 1 is 1.26 bits per heavy atom. The van der Waals surface area contributed by atoms with Crippen molar-refractivity contribution in [1.82, 2.24) is 5.32 Å². The SMILES string of the molecule is CCCNC(c1ccc(Cl)cc1)C1(OC)CCCC1. The molecule has 1 unspecified atom stereocenters. The van der Waals surface area contributed by atoms with E-state index >= 15 is 0 Å². The first-order valence-electron chi connectivity index (χ1n) is 7.26. The predicted molar refractivity (Wildman–Crippen MR) is 80.7 cm³/mol. The number of hydrogen-bond acceptors (Lipinski definition) is 2. The van der Waals surface area contributed by atoms with Crippen LogP contribution in [0.25, 0.3) is 0 Å². The van der Waals surface area contributed by atoms with Gasteiger partial charge in [-0.25, -0.2) is 0 Å². The molecule has 0 spiro atoms. The monoisotopic (exact) mass is 281 g/mol. The molecule has 1 aliphatic carbocycles. The van der Waals surface area contributed by atoms with E-state index in [1.165, 1.54) is 18.4 Å². The van der Waals surface area contributed by atoms with Crippen molar-refractivity contribution in [3.8, 4) is 0 Å². The van der Waals surface area contributed by atoms with Gasteiger partial charge < -0.3 is 10.1 Å². The second-order valence-corrected chi connectivity index (χ2v) is 5.85. The van der Waals surface area contributed by atoms with E-state index in [1.807, 2.05) is 19.2 Å². The Bertz CT molecular complexity index is 384. The highest BCUT2D eigenvalue weighted by molar-refractivity contribution is 6.30. The average molecular weight is 282 g/mol. The summed E-state index contributed by atoms with van der Waals surface area (Å²) in [7, 11) is 1.85. The van der Waals surface area contributed by atoms with E-state index in [0.29, 0.717) is 0 Å². The third kappa shape index (κ3) is 3.31. The minimum atomic E-state index is -0.0526. The van der Waals surface area contributed by atoms with Gasteiger partial charge in [0.15, 0.2) is 0 Å². The molecule has 3 heteroatoms. The number of hydrogen-bond donors (Lipinski definition) is 1. The molecule has 0 aliphatic heterocycles. The quantitative estimate of drug-likeness (QED) is 0.837. The van der Waals surface area contributed by atoms with Gasteiger partial charge in [0.25, 0.3) is 0 Å². The normalized spacial score (nSPS) is 19.5. The summed E-state index contributed by atoms with van der Waals surface area (Å²) in [5, 5.41) is 4.46. The van der Waals surface area contributed by atoms with Gasteiger partial charge in [0, 0.05) is 12.1 Å². The average Bonchev–Trinajstić information content (AvgIpc) is 2.91. The van der Waals surface area contributed by atoms with Gasteiger partial charge >= 0.3 is 0 Å². The Morgan fingerprint density at radius 3 is 2.42 bits per heavy atom. The molecule has 106 valence electrons. The largest absolute Gasteiger partial charge is 0.376 e. The summed E-state index contributed by atoms with van der Waals surface area (Å²) >= 11 is 6.00. The molecule has 0 heterocycles. The Hall–Kier alpha value is -0.570. The number of nitrogens with one attached hydrogen (secondary N) is 1. The lowest BCUT2D eigenvalue weighted by Crippen LogP contribution is -2.43. The highest BCUT2D eigenvalue weighted by Gasteiger charge is 2.42. The lowest BCUT2D eigenvalue weighted by Gasteiger charge is -2.37. The van der Waals surface area contributed by atoms with Gasteiger partial charge in [-0.2, -0.15) is 0 Å². The van der Waals surface area contributed by atoms with Crippen molar-refractivity contribution in [2.45, 2.75) is 50.7 Å². The molecular formula is C16H24ClNO. The fourth-order valence-electron chi connectivity index (χ4n) is 3.14. The zero-order chi connectivity index (χ0) is 13.7. The van der Waals surface area contributed by atoms with Crippen LogP contribution in [0.4, 0.5) is 0 Å². The van der Waals surface area contributed by atoms with Crippen LogP contribution in [0, 0.1) is 0 Å². The summed E-state index contributed by atoms with van der Waals surface area (Å²) in [4.78, 5) is 0. The minimum absolute atomic E-state index is 0.0526. The van der Waals surface area contributed by atoms with E-state index in [0.717, 1.165) is 30.8 Å². The first-order valence-corrected chi connectivity index (χ1v) is 7.63. The standard InChI is InChI=1S/C16H24ClNO/c1-3-12-18-15(13-6-8-14(17)9-7-13)16(19-2)10-4-5-11-16/h6-9,15,18H,3-5,10-12H2,1-2H3. The van der Waals surface area contributed by atoms with Crippen LogP contribution in [0.1, 0.15) is 50.6 Å². The Morgan fingerprint density at radius 2 is 1.89 bits per heavy atom. The van der Waals surface area contributed by atoms with Crippen LogP contribution in [0.3, 0.4) is 0 Å². The zero-order valence-corrected chi connectivity index (χ0v) is 12.7. The van der Waals surface area contributed by atoms with Crippen molar-refractivity contribution in [2.24, 2.45) is 0 Å². The van der Waals surface area contributed by atoms with Gasteiger partial charge in [0.05, 0.1) is 11.6 Å². The molecule has 0 aromatic heterocycles. The van der Waals surface area contributed by atoms with Crippen molar-refractivity contribution < 1.29 is 4.74 Å². The maximum absolute atomic E-state index is 6.00. The van der Waals surface area contributed by atoms with Crippen LogP contribution >= 0.6 is 11.6 Å². The second kappa shape index (κ2) is 6.74. The van der Waals surface area contributed by atoms with Crippen LogP contribution in [0.5, 0.6) is 0 Å². The Kier molecular flexibility index (Phi) is 5.26. The molecule has 1 aromatic rings. The third-order valence-corrected chi connectivity index (χ3v) is 4.44. The molecule has 2 nitrogen and oxygen atoms in total. The van der Waals surface area contributed by atoms with Crippen LogP contribution in [0.2, 0.25) is 5.02 Å². The maximum atomic E-state index is 6.00. The summed E-state index contributed by atoms with van der Waals surface area (Å²) in [6.07, 6.45) is 5.91. The molecule has 19 heavy (non-hydrogen) atoms. The molecule has 1 atom stereocenters. The summed E-state index contributed by atoms with van der Waals surface area (Å²) < 4.78 is 5.95. The number of ether oxygens (including phenoxy) is 1. The summed E-state index contributed by atoms with van der Waals surface area (Å²) in [6, 6.07) is 8.44. The molecule has 0 radical (unpaired) electrons. The highest BCUT2D eigenvalue weighted by atomic mass is 35.5. The molecule has 0 amide bonds. The lowest BCUT2D eigenvalue weighted by molar-refractivity contribution is -0.0367. The van der Waals surface area contributed by atoms with Crippen LogP contribution in [-0.2, 0) is 4.74 Å². The summed E-state index contributed by atoms with van der Waals surface area (Å²) in [6.45, 7) is 3.21. The molecule has 1 N–H and O–H groups in total. The van der Waals surface area contributed by atoms with Gasteiger partial charge in [0.1, 0.15) is 0 Å². The van der Waals surface area contributed by atoms with E-state index in [-0.39, 0.29) is 11.6 Å². The fourth-order valence-corrected chi connectivity index (χ4v) is 3.26. The van der Waals surface area contributed by atoms with Crippen molar-refractivity contribution >= 4 is 11.6 Å². The fraction of sp³-hybridized carbons (Fsp3) is 0.625. The number of methoxy groups -OCH3 is 1. The van der Waals surface area contributed by atoms with Crippen molar-refractivity contribution in [1.29, 1.82) is 0 Å². The van der Waals surface area contributed by atoms with Crippen molar-refractivity contribution in [3.05, 3.63) is 34.9 Å². The first kappa shape index (κ1) is 14.8. The molecule has 1 aromatic carbocycles. The van der Waals surface area contributed by atoms with E-state index < -0.39 is 0 Å². The molecule has 0 bridgehead atoms. The van der Waals surface area contributed by atoms with Crippen LogP contribution < -0.4 is 5.32 Å². The number of halogens is 1. The van der Waals surface area contributed by atoms with E-state index in [1.54, 1.807) is 0 Å². The van der Waals surface area contributed by atoms with E-state index in [4.69, 9.17) is 16.3 Å². The highest BCUT2D eigenvalue weighted by Crippen LogP contribution is 2.42. The lowest BCUT2D eigenvalue weighted by atomic mass is 9.86. The molecule has 1 fully saturated rings. The summed E-state index contributed by atoms with van der Waals surface area (Å²) in [5.41, 5.74) is 1.23. The smallest absolute Gasteiger partial charge is 0.0872 e. The van der Waals surface area contributed by atoms with E-state index in [9.17, 15) is 0 Å². The van der Waals surface area contributed by atoms with Crippen LogP contribution in [-0.4, -0.2) is 19.3 Å². The molecule has 1 saturated carbocycles. The minimum Gasteiger partial charge on any atom is -0.376 e. The van der Waals surface area contributed by atoms with Gasteiger partial charge in [0.2, 0.25) is 0 Å². The van der Waals surface area contributed by atoms with Crippen molar-refractivity contribution in [2.75, 3.05) is 13.7 Å². The summed E-state index contributed by atoms with van der Waals surface area (Å²) in [5.74, 6) is 0. The van der Waals surface area contributed by atoms with Crippen LogP contribution in [0.15, 0.2) is 24.3 Å². The number of rotatable bonds is 6. The van der Waals surface area contributed by atoms with Gasteiger partial charge in [-0.05, 0) is 43.5 Å². The molecule has 1 aliphatic rings. The molecule has 2 rings (SSSR count). The predicted octanol–water partition coefficient (Wildman–Crippen LogP) is 4.34.